The van der Waals surface area contributed by atoms with Gasteiger partial charge in [-0.1, -0.05) is 6.92 Å². The lowest BCUT2D eigenvalue weighted by Gasteiger charge is -2.11. The molecule has 2 heteroatoms. The van der Waals surface area contributed by atoms with Crippen LogP contribution in [0.1, 0.15) is 26.2 Å². The van der Waals surface area contributed by atoms with E-state index in [4.69, 9.17) is 0 Å². The maximum atomic E-state index is 12.7. The number of hydrogen-bond donors (Lipinski definition) is 1. The maximum absolute atomic E-state index is 12.7. The first-order valence-electron chi connectivity index (χ1n) is 3.72. The average molecular weight is 131 g/mol. The first-order chi connectivity index (χ1) is 4.34. The monoisotopic (exact) mass is 131 g/mol. The Morgan fingerprint density at radius 2 is 2.33 bits per heavy atom. The van der Waals surface area contributed by atoms with Crippen LogP contribution < -0.4 is 5.32 Å². The van der Waals surface area contributed by atoms with Crippen molar-refractivity contribution in [1.29, 1.82) is 0 Å². The van der Waals surface area contributed by atoms with Gasteiger partial charge in [-0.2, -0.15) is 0 Å². The van der Waals surface area contributed by atoms with Crippen LogP contribution in [0.2, 0.25) is 0 Å². The lowest BCUT2D eigenvalue weighted by Crippen LogP contribution is -2.32. The SMILES string of the molecule is CCNC1CCCC1F. The molecule has 2 unspecified atom stereocenters. The van der Waals surface area contributed by atoms with E-state index in [1.54, 1.807) is 0 Å². The van der Waals surface area contributed by atoms with Crippen LogP contribution in [-0.4, -0.2) is 18.8 Å². The molecule has 0 aromatic carbocycles. The van der Waals surface area contributed by atoms with E-state index in [-0.39, 0.29) is 6.04 Å². The molecule has 2 atom stereocenters. The topological polar surface area (TPSA) is 12.0 Å². The smallest absolute Gasteiger partial charge is 0.115 e. The normalized spacial score (nSPS) is 35.3. The molecule has 1 rings (SSSR count). The second-order valence-corrected chi connectivity index (χ2v) is 2.61. The van der Waals surface area contributed by atoms with Crippen molar-refractivity contribution in [3.63, 3.8) is 0 Å². The highest BCUT2D eigenvalue weighted by molar-refractivity contribution is 4.82. The van der Waals surface area contributed by atoms with E-state index in [0.717, 1.165) is 25.8 Å². The van der Waals surface area contributed by atoms with Crippen LogP contribution in [-0.2, 0) is 0 Å². The summed E-state index contributed by atoms with van der Waals surface area (Å²) in [5.41, 5.74) is 0. The Hall–Kier alpha value is -0.110. The Kier molecular flexibility index (Phi) is 2.46. The van der Waals surface area contributed by atoms with Crippen LogP contribution in [0.5, 0.6) is 0 Å². The summed E-state index contributed by atoms with van der Waals surface area (Å²) in [5.74, 6) is 0. The van der Waals surface area contributed by atoms with Gasteiger partial charge in [0, 0.05) is 6.04 Å². The fourth-order valence-electron chi connectivity index (χ4n) is 1.41. The standard InChI is InChI=1S/C7H14FN/c1-2-9-7-5-3-4-6(7)8/h6-7,9H,2-5H2,1H3. The molecule has 0 aliphatic heterocycles. The highest BCUT2D eigenvalue weighted by atomic mass is 19.1. The summed E-state index contributed by atoms with van der Waals surface area (Å²) >= 11 is 0. The molecule has 1 aliphatic rings. The van der Waals surface area contributed by atoms with Crippen molar-refractivity contribution in [2.24, 2.45) is 0 Å². The van der Waals surface area contributed by atoms with E-state index >= 15 is 0 Å². The quantitative estimate of drug-likeness (QED) is 0.598. The summed E-state index contributed by atoms with van der Waals surface area (Å²) in [4.78, 5) is 0. The minimum Gasteiger partial charge on any atom is -0.311 e. The van der Waals surface area contributed by atoms with E-state index in [9.17, 15) is 4.39 Å². The molecule has 54 valence electrons. The summed E-state index contributed by atoms with van der Waals surface area (Å²) in [6.45, 7) is 2.91. The fraction of sp³-hybridized carbons (Fsp3) is 1.00. The zero-order valence-electron chi connectivity index (χ0n) is 5.86. The zero-order chi connectivity index (χ0) is 6.69. The molecule has 0 amide bonds. The molecule has 1 nitrogen and oxygen atoms in total. The van der Waals surface area contributed by atoms with Gasteiger partial charge in [0.2, 0.25) is 0 Å². The highest BCUT2D eigenvalue weighted by Crippen LogP contribution is 2.21. The second-order valence-electron chi connectivity index (χ2n) is 2.61. The van der Waals surface area contributed by atoms with Gasteiger partial charge < -0.3 is 5.32 Å². The third-order valence-corrected chi connectivity index (χ3v) is 1.90. The van der Waals surface area contributed by atoms with Crippen LogP contribution >= 0.6 is 0 Å². The summed E-state index contributed by atoms with van der Waals surface area (Å²) < 4.78 is 12.7. The largest absolute Gasteiger partial charge is 0.311 e. The van der Waals surface area contributed by atoms with Gasteiger partial charge in [-0.3, -0.25) is 0 Å². The number of hydrogen-bond acceptors (Lipinski definition) is 1. The van der Waals surface area contributed by atoms with Crippen molar-refractivity contribution < 1.29 is 4.39 Å². The van der Waals surface area contributed by atoms with E-state index < -0.39 is 6.17 Å². The Balaban J connectivity index is 2.22. The van der Waals surface area contributed by atoms with Gasteiger partial charge in [-0.05, 0) is 25.8 Å². The molecule has 0 aromatic heterocycles. The molecule has 0 heterocycles. The first-order valence-corrected chi connectivity index (χ1v) is 3.72. The number of rotatable bonds is 2. The van der Waals surface area contributed by atoms with Crippen molar-refractivity contribution in [2.45, 2.75) is 38.4 Å². The molecule has 0 saturated heterocycles. The Bertz CT molecular complexity index is 85.0. The van der Waals surface area contributed by atoms with Crippen molar-refractivity contribution in [3.8, 4) is 0 Å². The van der Waals surface area contributed by atoms with Crippen molar-refractivity contribution >= 4 is 0 Å². The molecule has 0 spiro atoms. The van der Waals surface area contributed by atoms with Gasteiger partial charge >= 0.3 is 0 Å². The summed E-state index contributed by atoms with van der Waals surface area (Å²) in [7, 11) is 0. The van der Waals surface area contributed by atoms with Crippen molar-refractivity contribution in [3.05, 3.63) is 0 Å². The lowest BCUT2D eigenvalue weighted by molar-refractivity contribution is 0.283. The molecule has 1 fully saturated rings. The Morgan fingerprint density at radius 1 is 1.56 bits per heavy atom. The molecular formula is C7H14FN. The minimum atomic E-state index is -0.579. The minimum absolute atomic E-state index is 0.162. The molecule has 1 N–H and O–H groups in total. The van der Waals surface area contributed by atoms with Crippen LogP contribution in [0.15, 0.2) is 0 Å². The predicted octanol–water partition coefficient (Wildman–Crippen LogP) is 1.49. The number of nitrogens with one attached hydrogen (secondary N) is 1. The van der Waals surface area contributed by atoms with Gasteiger partial charge in [0.05, 0.1) is 0 Å². The van der Waals surface area contributed by atoms with Gasteiger partial charge in [-0.25, -0.2) is 4.39 Å². The summed E-state index contributed by atoms with van der Waals surface area (Å²) in [6.07, 6.45) is 2.26. The first kappa shape index (κ1) is 7.00. The summed E-state index contributed by atoms with van der Waals surface area (Å²) in [6, 6.07) is 0.162. The van der Waals surface area contributed by atoms with Crippen LogP contribution in [0.3, 0.4) is 0 Å². The van der Waals surface area contributed by atoms with Crippen LogP contribution in [0.4, 0.5) is 4.39 Å². The van der Waals surface area contributed by atoms with Crippen LogP contribution in [0, 0.1) is 0 Å². The molecule has 1 aliphatic carbocycles. The van der Waals surface area contributed by atoms with E-state index in [0.29, 0.717) is 0 Å². The zero-order valence-corrected chi connectivity index (χ0v) is 5.86. The predicted molar refractivity (Wildman–Crippen MR) is 36.2 cm³/mol. The van der Waals surface area contributed by atoms with Gasteiger partial charge in [0.25, 0.3) is 0 Å². The number of halogens is 1. The number of alkyl halides is 1. The molecule has 0 bridgehead atoms. The molecular weight excluding hydrogens is 117 g/mol. The third kappa shape index (κ3) is 1.65. The molecule has 0 aromatic rings. The third-order valence-electron chi connectivity index (χ3n) is 1.90. The average Bonchev–Trinajstić information content (AvgIpc) is 2.18. The van der Waals surface area contributed by atoms with E-state index in [2.05, 4.69) is 5.32 Å². The maximum Gasteiger partial charge on any atom is 0.115 e. The van der Waals surface area contributed by atoms with Crippen molar-refractivity contribution in [2.75, 3.05) is 6.54 Å². The fourth-order valence-corrected chi connectivity index (χ4v) is 1.41. The molecule has 9 heavy (non-hydrogen) atoms. The van der Waals surface area contributed by atoms with Crippen LogP contribution in [0.25, 0.3) is 0 Å². The molecule has 1 saturated carbocycles. The Labute approximate surface area is 55.6 Å². The second kappa shape index (κ2) is 3.16. The van der Waals surface area contributed by atoms with E-state index in [1.807, 2.05) is 6.92 Å². The molecule has 0 radical (unpaired) electrons. The lowest BCUT2D eigenvalue weighted by atomic mass is 10.2. The van der Waals surface area contributed by atoms with Gasteiger partial charge in [0.15, 0.2) is 0 Å². The van der Waals surface area contributed by atoms with Gasteiger partial charge in [-0.15, -0.1) is 0 Å². The summed E-state index contributed by atoms with van der Waals surface area (Å²) in [5, 5.41) is 3.12. The highest BCUT2D eigenvalue weighted by Gasteiger charge is 2.25. The van der Waals surface area contributed by atoms with Crippen molar-refractivity contribution in [1.82, 2.24) is 5.32 Å². The van der Waals surface area contributed by atoms with E-state index in [1.165, 1.54) is 0 Å². The Morgan fingerprint density at radius 3 is 2.78 bits per heavy atom. The van der Waals surface area contributed by atoms with Gasteiger partial charge in [0.1, 0.15) is 6.17 Å².